The molecule has 140 valence electrons. The summed E-state index contributed by atoms with van der Waals surface area (Å²) in [5.74, 6) is -0.258. The summed E-state index contributed by atoms with van der Waals surface area (Å²) in [5.41, 5.74) is 0.794. The Morgan fingerprint density at radius 3 is 2.36 bits per heavy atom. The second-order valence-corrected chi connectivity index (χ2v) is 7.97. The first-order valence-corrected chi connectivity index (χ1v) is 10.1. The van der Waals surface area contributed by atoms with Crippen LogP contribution in [0, 0.1) is 5.82 Å². The Balaban J connectivity index is 1.40. The van der Waals surface area contributed by atoms with Crippen LogP contribution < -0.4 is 5.32 Å². The molecule has 1 aromatic rings. The maximum atomic E-state index is 13.0. The molecule has 1 aromatic carbocycles. The molecule has 1 saturated carbocycles. The Kier molecular flexibility index (Phi) is 6.85. The van der Waals surface area contributed by atoms with Crippen molar-refractivity contribution >= 4 is 0 Å². The van der Waals surface area contributed by atoms with Gasteiger partial charge in [0.05, 0.1) is 6.10 Å². The smallest absolute Gasteiger partial charge is 0.123 e. The van der Waals surface area contributed by atoms with Crippen molar-refractivity contribution in [2.45, 2.75) is 82.5 Å². The lowest BCUT2D eigenvalue weighted by molar-refractivity contribution is 0.107. The Bertz CT molecular complexity index is 507. The fourth-order valence-corrected chi connectivity index (χ4v) is 4.50. The standard InChI is InChI=1S/C21H33FN2O/c1-16(15-21(25)17-7-9-18(22)10-8-17)23-19-11-13-24(14-12-19)20-5-3-2-4-6-20/h7-10,16,19-21,23,25H,2-6,11-15H2,1H3. The zero-order valence-electron chi connectivity index (χ0n) is 15.5. The van der Waals surface area contributed by atoms with E-state index in [2.05, 4.69) is 17.1 Å². The summed E-state index contributed by atoms with van der Waals surface area (Å²) in [7, 11) is 0. The Labute approximate surface area is 151 Å². The minimum Gasteiger partial charge on any atom is -0.388 e. The largest absolute Gasteiger partial charge is 0.388 e. The van der Waals surface area contributed by atoms with E-state index in [0.29, 0.717) is 12.5 Å². The van der Waals surface area contributed by atoms with Crippen molar-refractivity contribution in [1.82, 2.24) is 10.2 Å². The van der Waals surface area contributed by atoms with E-state index in [0.717, 1.165) is 11.6 Å². The number of likely N-dealkylation sites (tertiary alicyclic amines) is 1. The van der Waals surface area contributed by atoms with Gasteiger partial charge >= 0.3 is 0 Å². The molecule has 2 N–H and O–H groups in total. The molecule has 3 nitrogen and oxygen atoms in total. The van der Waals surface area contributed by atoms with E-state index in [9.17, 15) is 9.50 Å². The second-order valence-electron chi connectivity index (χ2n) is 7.97. The van der Waals surface area contributed by atoms with Crippen molar-refractivity contribution in [3.05, 3.63) is 35.6 Å². The lowest BCUT2D eigenvalue weighted by atomic mass is 9.92. The Morgan fingerprint density at radius 1 is 1.08 bits per heavy atom. The summed E-state index contributed by atoms with van der Waals surface area (Å²) in [6.07, 6.45) is 9.53. The minimum absolute atomic E-state index is 0.256. The monoisotopic (exact) mass is 348 g/mol. The first kappa shape index (κ1) is 18.8. The van der Waals surface area contributed by atoms with Crippen LogP contribution in [0.4, 0.5) is 4.39 Å². The highest BCUT2D eigenvalue weighted by molar-refractivity contribution is 5.18. The Morgan fingerprint density at radius 2 is 1.72 bits per heavy atom. The van der Waals surface area contributed by atoms with Crippen LogP contribution >= 0.6 is 0 Å². The van der Waals surface area contributed by atoms with Crippen LogP contribution in [0.25, 0.3) is 0 Å². The number of nitrogens with one attached hydrogen (secondary N) is 1. The van der Waals surface area contributed by atoms with Crippen molar-refractivity contribution in [2.75, 3.05) is 13.1 Å². The summed E-state index contributed by atoms with van der Waals surface area (Å²) in [4.78, 5) is 2.70. The second kappa shape index (κ2) is 9.11. The van der Waals surface area contributed by atoms with Crippen LogP contribution in [-0.2, 0) is 0 Å². The summed E-state index contributed by atoms with van der Waals surface area (Å²) in [6, 6.07) is 7.81. The van der Waals surface area contributed by atoms with E-state index < -0.39 is 6.10 Å². The fraction of sp³-hybridized carbons (Fsp3) is 0.714. The molecule has 0 spiro atoms. The number of hydrogen-bond acceptors (Lipinski definition) is 3. The number of halogens is 1. The first-order chi connectivity index (χ1) is 12.1. The third-order valence-electron chi connectivity index (χ3n) is 5.97. The third-order valence-corrected chi connectivity index (χ3v) is 5.97. The number of aliphatic hydroxyl groups excluding tert-OH is 1. The number of hydrogen-bond donors (Lipinski definition) is 2. The SMILES string of the molecule is CC(CC(O)c1ccc(F)cc1)NC1CCN(C2CCCCC2)CC1. The van der Waals surface area contributed by atoms with Crippen molar-refractivity contribution < 1.29 is 9.50 Å². The molecule has 0 radical (unpaired) electrons. The average molecular weight is 349 g/mol. The van der Waals surface area contributed by atoms with Crippen LogP contribution in [0.1, 0.15) is 70.0 Å². The van der Waals surface area contributed by atoms with Crippen LogP contribution in [0.5, 0.6) is 0 Å². The summed E-state index contributed by atoms with van der Waals surface area (Å²) < 4.78 is 13.0. The van der Waals surface area contributed by atoms with E-state index in [-0.39, 0.29) is 11.9 Å². The molecule has 3 rings (SSSR count). The molecule has 2 aliphatic rings. The highest BCUT2D eigenvalue weighted by Gasteiger charge is 2.27. The zero-order valence-corrected chi connectivity index (χ0v) is 15.5. The van der Waals surface area contributed by atoms with Gasteiger partial charge in [-0.05, 0) is 69.8 Å². The van der Waals surface area contributed by atoms with Crippen molar-refractivity contribution in [3.8, 4) is 0 Å². The number of rotatable bonds is 6. The first-order valence-electron chi connectivity index (χ1n) is 10.1. The highest BCUT2D eigenvalue weighted by atomic mass is 19.1. The van der Waals surface area contributed by atoms with E-state index in [1.165, 1.54) is 70.2 Å². The Hall–Kier alpha value is -0.970. The van der Waals surface area contributed by atoms with E-state index >= 15 is 0 Å². The number of nitrogens with zero attached hydrogens (tertiary/aromatic N) is 1. The lowest BCUT2D eigenvalue weighted by Crippen LogP contribution is -2.49. The molecule has 1 saturated heterocycles. The van der Waals surface area contributed by atoms with Gasteiger partial charge in [-0.2, -0.15) is 0 Å². The molecule has 1 heterocycles. The minimum atomic E-state index is -0.537. The van der Waals surface area contributed by atoms with Gasteiger partial charge in [0.15, 0.2) is 0 Å². The van der Waals surface area contributed by atoms with Gasteiger partial charge in [0.1, 0.15) is 5.82 Å². The molecule has 0 amide bonds. The van der Waals surface area contributed by atoms with Crippen molar-refractivity contribution in [3.63, 3.8) is 0 Å². The van der Waals surface area contributed by atoms with Crippen LogP contribution in [-0.4, -0.2) is 41.2 Å². The van der Waals surface area contributed by atoms with Crippen molar-refractivity contribution in [1.29, 1.82) is 0 Å². The van der Waals surface area contributed by atoms with E-state index in [4.69, 9.17) is 0 Å². The topological polar surface area (TPSA) is 35.5 Å². The molecule has 25 heavy (non-hydrogen) atoms. The van der Waals surface area contributed by atoms with Gasteiger partial charge < -0.3 is 15.3 Å². The molecule has 2 fully saturated rings. The predicted molar refractivity (Wildman–Crippen MR) is 100 cm³/mol. The molecule has 0 aromatic heterocycles. The van der Waals surface area contributed by atoms with Gasteiger partial charge in [-0.3, -0.25) is 0 Å². The lowest BCUT2D eigenvalue weighted by Gasteiger charge is -2.40. The summed E-state index contributed by atoms with van der Waals surface area (Å²) in [6.45, 7) is 4.55. The normalized spacial score (nSPS) is 23.5. The van der Waals surface area contributed by atoms with Crippen molar-refractivity contribution in [2.24, 2.45) is 0 Å². The van der Waals surface area contributed by atoms with Gasteiger partial charge in [0, 0.05) is 18.1 Å². The third kappa shape index (κ3) is 5.50. The molecular formula is C21H33FN2O. The molecule has 2 atom stereocenters. The summed E-state index contributed by atoms with van der Waals surface area (Å²) in [5, 5.41) is 14.0. The molecule has 0 bridgehead atoms. The number of aliphatic hydroxyl groups is 1. The maximum absolute atomic E-state index is 13.0. The predicted octanol–water partition coefficient (Wildman–Crippen LogP) is 4.02. The highest BCUT2D eigenvalue weighted by Crippen LogP contribution is 2.26. The number of piperidine rings is 1. The van der Waals surface area contributed by atoms with Crippen LogP contribution in [0.2, 0.25) is 0 Å². The maximum Gasteiger partial charge on any atom is 0.123 e. The average Bonchev–Trinajstić information content (AvgIpc) is 2.63. The van der Waals surface area contributed by atoms with Gasteiger partial charge in [-0.25, -0.2) is 4.39 Å². The van der Waals surface area contributed by atoms with Gasteiger partial charge in [-0.1, -0.05) is 31.4 Å². The molecule has 1 aliphatic carbocycles. The number of benzene rings is 1. The zero-order chi connectivity index (χ0) is 17.6. The fourth-order valence-electron chi connectivity index (χ4n) is 4.50. The van der Waals surface area contributed by atoms with E-state index in [1.54, 1.807) is 12.1 Å². The summed E-state index contributed by atoms with van der Waals surface area (Å²) >= 11 is 0. The van der Waals surface area contributed by atoms with Crippen LogP contribution in [0.3, 0.4) is 0 Å². The quantitative estimate of drug-likeness (QED) is 0.815. The molecular weight excluding hydrogens is 315 g/mol. The molecule has 1 aliphatic heterocycles. The molecule has 4 heteroatoms. The van der Waals surface area contributed by atoms with Crippen LogP contribution in [0.15, 0.2) is 24.3 Å². The van der Waals surface area contributed by atoms with Gasteiger partial charge in [0.25, 0.3) is 0 Å². The van der Waals surface area contributed by atoms with E-state index in [1.807, 2.05) is 0 Å². The molecule has 2 unspecified atom stereocenters. The van der Waals surface area contributed by atoms with Gasteiger partial charge in [-0.15, -0.1) is 0 Å². The van der Waals surface area contributed by atoms with Gasteiger partial charge in [0.2, 0.25) is 0 Å².